The minimum Gasteiger partial charge on any atom is -0.263 e. The van der Waals surface area contributed by atoms with Crippen molar-refractivity contribution in [3.05, 3.63) is 23.9 Å². The van der Waals surface area contributed by atoms with Gasteiger partial charge in [0.2, 0.25) is 0 Å². The zero-order chi connectivity index (χ0) is 9.72. The highest BCUT2D eigenvalue weighted by Gasteiger charge is 1.96. The summed E-state index contributed by atoms with van der Waals surface area (Å²) in [5.74, 6) is 0.526. The lowest BCUT2D eigenvalue weighted by molar-refractivity contribution is 0.875. The maximum Gasteiger partial charge on any atom is 0.0374 e. The molecule has 0 saturated carbocycles. The van der Waals surface area contributed by atoms with Crippen molar-refractivity contribution in [2.45, 2.75) is 34.6 Å². The van der Waals surface area contributed by atoms with Crippen LogP contribution in [0.2, 0.25) is 0 Å². The Kier molecular flexibility index (Phi) is 4.57. The zero-order valence-corrected chi connectivity index (χ0v) is 8.81. The lowest BCUT2D eigenvalue weighted by Crippen LogP contribution is -2.01. The summed E-state index contributed by atoms with van der Waals surface area (Å²) in [5.41, 5.74) is 3.26. The monoisotopic (exact) mass is 165 g/mol. The third kappa shape index (κ3) is 4.89. The lowest BCUT2D eigenvalue weighted by atomic mass is 10.1. The molecule has 0 radical (unpaired) electrons. The van der Waals surface area contributed by atoms with Crippen molar-refractivity contribution in [1.82, 2.24) is 0 Å². The first-order valence-electron chi connectivity index (χ1n) is 4.32. The van der Waals surface area contributed by atoms with Gasteiger partial charge in [0.15, 0.2) is 0 Å². The van der Waals surface area contributed by atoms with Crippen molar-refractivity contribution in [1.29, 1.82) is 0 Å². The van der Waals surface area contributed by atoms with Gasteiger partial charge >= 0.3 is 0 Å². The third-order valence-electron chi connectivity index (χ3n) is 1.64. The van der Waals surface area contributed by atoms with Gasteiger partial charge in [-0.2, -0.15) is 0 Å². The summed E-state index contributed by atoms with van der Waals surface area (Å²) in [5, 5.41) is 0. The van der Waals surface area contributed by atoms with E-state index in [2.05, 4.69) is 32.3 Å². The van der Waals surface area contributed by atoms with Crippen LogP contribution >= 0.6 is 0 Å². The largest absolute Gasteiger partial charge is 0.263 e. The van der Waals surface area contributed by atoms with E-state index >= 15 is 0 Å². The summed E-state index contributed by atoms with van der Waals surface area (Å²) in [4.78, 5) is 4.43. The fraction of sp³-hybridized carbons (Fsp3) is 0.545. The fourth-order valence-electron chi connectivity index (χ4n) is 0.796. The van der Waals surface area contributed by atoms with Crippen LogP contribution in [0.25, 0.3) is 0 Å². The Morgan fingerprint density at radius 3 is 2.08 bits per heavy atom. The van der Waals surface area contributed by atoms with Crippen LogP contribution in [0.3, 0.4) is 0 Å². The predicted octanol–water partition coefficient (Wildman–Crippen LogP) is 3.58. The van der Waals surface area contributed by atoms with E-state index in [0.717, 1.165) is 11.3 Å². The van der Waals surface area contributed by atoms with Crippen molar-refractivity contribution in [3.63, 3.8) is 0 Å². The van der Waals surface area contributed by atoms with Crippen LogP contribution in [-0.2, 0) is 0 Å². The summed E-state index contributed by atoms with van der Waals surface area (Å²) in [6.07, 6.45) is 1.99. The molecule has 12 heavy (non-hydrogen) atoms. The summed E-state index contributed by atoms with van der Waals surface area (Å²) >= 11 is 0. The number of hydrogen-bond acceptors (Lipinski definition) is 1. The van der Waals surface area contributed by atoms with E-state index in [1.165, 1.54) is 5.71 Å². The highest BCUT2D eigenvalue weighted by molar-refractivity contribution is 5.84. The fourth-order valence-corrected chi connectivity index (χ4v) is 0.796. The van der Waals surface area contributed by atoms with Crippen LogP contribution in [0.5, 0.6) is 0 Å². The minimum atomic E-state index is 0.526. The van der Waals surface area contributed by atoms with E-state index in [0.29, 0.717) is 5.92 Å². The van der Waals surface area contributed by atoms with Gasteiger partial charge in [-0.05, 0) is 32.8 Å². The Labute approximate surface area is 75.9 Å². The summed E-state index contributed by atoms with van der Waals surface area (Å²) in [6, 6.07) is 0. The van der Waals surface area contributed by atoms with E-state index < -0.39 is 0 Å². The molecule has 0 aromatic heterocycles. The summed E-state index contributed by atoms with van der Waals surface area (Å²) < 4.78 is 0. The highest BCUT2D eigenvalue weighted by atomic mass is 14.7. The van der Waals surface area contributed by atoms with Gasteiger partial charge in [0.25, 0.3) is 0 Å². The van der Waals surface area contributed by atoms with Crippen LogP contribution in [0.1, 0.15) is 34.6 Å². The van der Waals surface area contributed by atoms with E-state index in [9.17, 15) is 0 Å². The second-order valence-corrected chi connectivity index (χ2v) is 3.54. The van der Waals surface area contributed by atoms with E-state index in [1.54, 1.807) is 0 Å². The first-order valence-corrected chi connectivity index (χ1v) is 4.32. The van der Waals surface area contributed by atoms with Crippen molar-refractivity contribution < 1.29 is 0 Å². The number of hydrogen-bond donors (Lipinski definition) is 0. The molecule has 0 unspecified atom stereocenters. The van der Waals surface area contributed by atoms with Gasteiger partial charge in [-0.25, -0.2) is 0 Å². The molecule has 0 aromatic rings. The zero-order valence-electron chi connectivity index (χ0n) is 8.81. The average Bonchev–Trinajstić information content (AvgIpc) is 1.84. The van der Waals surface area contributed by atoms with E-state index in [-0.39, 0.29) is 0 Å². The molecule has 0 saturated heterocycles. The van der Waals surface area contributed by atoms with Crippen LogP contribution in [0.15, 0.2) is 28.9 Å². The Balaban J connectivity index is 4.43. The Morgan fingerprint density at radius 2 is 1.75 bits per heavy atom. The molecule has 1 nitrogen and oxygen atoms in total. The van der Waals surface area contributed by atoms with Crippen LogP contribution < -0.4 is 0 Å². The summed E-state index contributed by atoms with van der Waals surface area (Å²) in [7, 11) is 0. The average molecular weight is 165 g/mol. The molecule has 0 atom stereocenters. The van der Waals surface area contributed by atoms with Crippen molar-refractivity contribution in [3.8, 4) is 0 Å². The summed E-state index contributed by atoms with van der Waals surface area (Å²) in [6.45, 7) is 14.1. The van der Waals surface area contributed by atoms with E-state index in [4.69, 9.17) is 0 Å². The molecular formula is C11H19N. The quantitative estimate of drug-likeness (QED) is 0.447. The topological polar surface area (TPSA) is 12.4 Å². The van der Waals surface area contributed by atoms with Crippen molar-refractivity contribution in [2.24, 2.45) is 10.9 Å². The lowest BCUT2D eigenvalue weighted by Gasteiger charge is -2.03. The molecule has 0 fully saturated rings. The molecule has 0 spiro atoms. The standard InChI is InChI=1S/C11H19N/c1-8(2)7-10(5)12-11(6)9(3)4/h7,9H,1H2,2-6H3/b10-7-,12-11?. The Hall–Kier alpha value is -0.850. The van der Waals surface area contributed by atoms with Gasteiger partial charge in [-0.15, -0.1) is 0 Å². The molecular weight excluding hydrogens is 146 g/mol. The van der Waals surface area contributed by atoms with Crippen molar-refractivity contribution >= 4 is 5.71 Å². The maximum absolute atomic E-state index is 4.43. The Morgan fingerprint density at radius 1 is 1.25 bits per heavy atom. The molecule has 0 heterocycles. The maximum atomic E-state index is 4.43. The number of nitrogens with zero attached hydrogens (tertiary/aromatic N) is 1. The molecule has 0 rings (SSSR count). The third-order valence-corrected chi connectivity index (χ3v) is 1.64. The normalized spacial score (nSPS) is 13.8. The van der Waals surface area contributed by atoms with Crippen molar-refractivity contribution in [2.75, 3.05) is 0 Å². The van der Waals surface area contributed by atoms with Gasteiger partial charge in [-0.1, -0.05) is 26.0 Å². The van der Waals surface area contributed by atoms with Crippen LogP contribution in [0, 0.1) is 5.92 Å². The van der Waals surface area contributed by atoms with Gasteiger partial charge in [0.1, 0.15) is 0 Å². The first kappa shape index (κ1) is 11.2. The molecule has 0 amide bonds. The number of aliphatic imine (C=N–C) groups is 1. The number of allylic oxidation sites excluding steroid dienone is 3. The highest BCUT2D eigenvalue weighted by Crippen LogP contribution is 2.04. The molecule has 0 aromatic carbocycles. The van der Waals surface area contributed by atoms with Gasteiger partial charge < -0.3 is 0 Å². The molecule has 0 aliphatic rings. The van der Waals surface area contributed by atoms with Gasteiger partial charge in [-0.3, -0.25) is 4.99 Å². The van der Waals surface area contributed by atoms with Crippen LogP contribution in [0.4, 0.5) is 0 Å². The molecule has 1 heteroatoms. The molecule has 68 valence electrons. The Bertz CT molecular complexity index is 219. The molecule has 0 N–H and O–H groups in total. The number of rotatable bonds is 3. The SMILES string of the molecule is C=C(C)/C=C(/C)N=C(C)C(C)C. The van der Waals surface area contributed by atoms with Gasteiger partial charge in [0.05, 0.1) is 0 Å². The smallest absolute Gasteiger partial charge is 0.0374 e. The molecule has 0 aliphatic heterocycles. The van der Waals surface area contributed by atoms with Gasteiger partial charge in [0, 0.05) is 11.4 Å². The van der Waals surface area contributed by atoms with E-state index in [1.807, 2.05) is 19.9 Å². The second-order valence-electron chi connectivity index (χ2n) is 3.54. The first-order chi connectivity index (χ1) is 5.43. The second kappa shape index (κ2) is 4.91. The molecule has 0 bridgehead atoms. The molecule has 0 aliphatic carbocycles. The predicted molar refractivity (Wildman–Crippen MR) is 56.5 cm³/mol. The minimum absolute atomic E-state index is 0.526. The van der Waals surface area contributed by atoms with Crippen LogP contribution in [-0.4, -0.2) is 5.71 Å².